The number of hydrogen-bond donors (Lipinski definition) is 5. The van der Waals surface area contributed by atoms with E-state index in [1.807, 2.05) is 79.7 Å². The van der Waals surface area contributed by atoms with Crippen LogP contribution < -0.4 is 56.3 Å². The summed E-state index contributed by atoms with van der Waals surface area (Å²) in [5.74, 6) is -0.967. The van der Waals surface area contributed by atoms with Gasteiger partial charge in [-0.3, -0.25) is 28.8 Å². The molecule has 3 aliphatic rings. The van der Waals surface area contributed by atoms with Crippen molar-refractivity contribution < 1.29 is 56.9 Å². The summed E-state index contributed by atoms with van der Waals surface area (Å²) in [5, 5.41) is 12.7. The number of nitrogens with one attached hydrogen (secondary N) is 4. The molecule has 18 nitrogen and oxygen atoms in total. The molecule has 0 spiro atoms. The SMILES string of the molecule is CCC(C)(C)C(=O)NCCCOc1ccc2c(c1)OC(=O)C1C2(C)C2C(=O)Oc3cc(OCCCNC(=O)C(C)(CC(C)(C)C(=O)NCCN)CC(C)(CC)C(=O)NCCCOc4ccc5c(C)cc(=O)oc5c4)ccc3C12C. The van der Waals surface area contributed by atoms with Gasteiger partial charge < -0.3 is 55.1 Å². The van der Waals surface area contributed by atoms with Crippen LogP contribution in [0.4, 0.5) is 0 Å². The monoisotopic (exact) mass is 1090 g/mol. The highest BCUT2D eigenvalue weighted by Gasteiger charge is 2.77. The van der Waals surface area contributed by atoms with Gasteiger partial charge in [-0.05, 0) is 81.7 Å². The number of esters is 2. The summed E-state index contributed by atoms with van der Waals surface area (Å²) >= 11 is 0. The standard InChI is InChI=1S/C61H81N5O13/c1-12-56(4,5)52(70)63-24-14-28-75-39-18-21-42-45(33-39)78-50(68)48-60(42,10)49-51(69)79-46-34-40(19-22-43(46)61(48,49)11)76-30-16-26-65-55(73)59(9,35-57(6,7)53(71)66-27-23-62)36-58(8,13-2)54(72)64-25-15-29-74-38-17-20-41-37(3)31-47(67)77-44(41)32-38/h17-22,31-34,48-49H,12-16,23-30,35-36,62H2,1-11H3,(H,63,70)(H,64,72)(H,65,73)(H,66,71). The van der Waals surface area contributed by atoms with Gasteiger partial charge in [-0.1, -0.05) is 81.4 Å². The third kappa shape index (κ3) is 12.3. The first-order valence-corrected chi connectivity index (χ1v) is 27.8. The molecule has 18 heteroatoms. The van der Waals surface area contributed by atoms with Crippen LogP contribution in [0.15, 0.2) is 69.9 Å². The maximum atomic E-state index is 14.4. The second-order valence-electron chi connectivity index (χ2n) is 23.9. The van der Waals surface area contributed by atoms with Crippen molar-refractivity contribution in [3.05, 3.63) is 87.8 Å². The molecule has 3 heterocycles. The molecule has 1 saturated carbocycles. The molecule has 79 heavy (non-hydrogen) atoms. The maximum Gasteiger partial charge on any atom is 0.336 e. The van der Waals surface area contributed by atoms with Crippen LogP contribution in [-0.4, -0.2) is 88.1 Å². The third-order valence-electron chi connectivity index (χ3n) is 16.9. The van der Waals surface area contributed by atoms with Crippen molar-refractivity contribution in [1.29, 1.82) is 0 Å². The summed E-state index contributed by atoms with van der Waals surface area (Å²) in [6.45, 7) is 22.9. The average molecular weight is 1090 g/mol. The summed E-state index contributed by atoms with van der Waals surface area (Å²) in [7, 11) is 0. The lowest BCUT2D eigenvalue weighted by Gasteiger charge is -2.66. The number of rotatable bonds is 27. The van der Waals surface area contributed by atoms with Crippen LogP contribution in [-0.2, 0) is 39.6 Å². The second-order valence-corrected chi connectivity index (χ2v) is 23.9. The molecule has 1 fully saturated rings. The molecule has 6 unspecified atom stereocenters. The predicted octanol–water partition coefficient (Wildman–Crippen LogP) is 7.50. The summed E-state index contributed by atoms with van der Waals surface area (Å²) in [6.07, 6.45) is 2.90. The third-order valence-corrected chi connectivity index (χ3v) is 16.9. The molecule has 2 aliphatic heterocycles. The Kier molecular flexibility index (Phi) is 18.0. The number of carbonyl (C=O) groups is 6. The highest BCUT2D eigenvalue weighted by atomic mass is 16.5. The Hall–Kier alpha value is -6.95. The molecule has 3 aromatic carbocycles. The van der Waals surface area contributed by atoms with Crippen molar-refractivity contribution in [1.82, 2.24) is 21.3 Å². The van der Waals surface area contributed by atoms with Gasteiger partial charge in [0.15, 0.2) is 0 Å². The minimum absolute atomic E-state index is 0.00700. The van der Waals surface area contributed by atoms with Crippen molar-refractivity contribution >= 4 is 46.5 Å². The van der Waals surface area contributed by atoms with E-state index in [2.05, 4.69) is 21.3 Å². The fourth-order valence-corrected chi connectivity index (χ4v) is 12.2. The highest BCUT2D eigenvalue weighted by Crippen LogP contribution is 2.71. The molecule has 1 aromatic heterocycles. The minimum atomic E-state index is -1.18. The van der Waals surface area contributed by atoms with Crippen LogP contribution in [0.2, 0.25) is 0 Å². The molecule has 6 N–H and O–H groups in total. The molecule has 4 amide bonds. The highest BCUT2D eigenvalue weighted by molar-refractivity contribution is 5.95. The first-order valence-electron chi connectivity index (χ1n) is 27.8. The van der Waals surface area contributed by atoms with Crippen molar-refractivity contribution in [3.8, 4) is 28.7 Å². The van der Waals surface area contributed by atoms with Gasteiger partial charge in [0.1, 0.15) is 34.3 Å². The quantitative estimate of drug-likeness (QED) is 0.0168. The van der Waals surface area contributed by atoms with Crippen molar-refractivity contribution in [2.45, 2.75) is 132 Å². The summed E-state index contributed by atoms with van der Waals surface area (Å²) in [5.41, 5.74) is 2.46. The van der Waals surface area contributed by atoms with Gasteiger partial charge in [-0.15, -0.1) is 0 Å². The number of amides is 4. The smallest absolute Gasteiger partial charge is 0.336 e. The van der Waals surface area contributed by atoms with Gasteiger partial charge in [0.25, 0.3) is 0 Å². The molecule has 6 atom stereocenters. The minimum Gasteiger partial charge on any atom is -0.493 e. The van der Waals surface area contributed by atoms with Gasteiger partial charge >= 0.3 is 17.6 Å². The van der Waals surface area contributed by atoms with Gasteiger partial charge in [0.2, 0.25) is 23.6 Å². The normalized spacial score (nSPS) is 20.7. The lowest BCUT2D eigenvalue weighted by molar-refractivity contribution is -0.184. The Labute approximate surface area is 463 Å². The average Bonchev–Trinajstić information content (AvgIpc) is 3.54. The van der Waals surface area contributed by atoms with E-state index in [0.29, 0.717) is 85.3 Å². The summed E-state index contributed by atoms with van der Waals surface area (Å²) in [4.78, 5) is 94.2. The van der Waals surface area contributed by atoms with Crippen LogP contribution in [0.25, 0.3) is 11.0 Å². The number of ether oxygens (including phenoxy) is 5. The summed E-state index contributed by atoms with van der Waals surface area (Å²) < 4.78 is 35.4. The number of nitrogens with two attached hydrogens (primary N) is 1. The van der Waals surface area contributed by atoms with E-state index >= 15 is 0 Å². The van der Waals surface area contributed by atoms with Crippen molar-refractivity contribution in [2.24, 2.45) is 39.2 Å². The molecular formula is C61H81N5O13. The molecule has 0 saturated heterocycles. The van der Waals surface area contributed by atoms with Crippen molar-refractivity contribution in [3.63, 3.8) is 0 Å². The van der Waals surface area contributed by atoms with Crippen LogP contribution in [0, 0.1) is 40.4 Å². The zero-order valence-corrected chi connectivity index (χ0v) is 47.9. The molecule has 4 aromatic rings. The second kappa shape index (κ2) is 23.8. The zero-order valence-electron chi connectivity index (χ0n) is 47.9. The topological polar surface area (TPSA) is 253 Å². The number of carbonyl (C=O) groups excluding carboxylic acids is 6. The molecule has 428 valence electrons. The van der Waals surface area contributed by atoms with Crippen LogP contribution in [0.3, 0.4) is 0 Å². The van der Waals surface area contributed by atoms with Crippen molar-refractivity contribution in [2.75, 3.05) is 52.5 Å². The summed E-state index contributed by atoms with van der Waals surface area (Å²) in [6, 6.07) is 17.4. The Morgan fingerprint density at radius 1 is 0.570 bits per heavy atom. The van der Waals surface area contributed by atoms with E-state index in [0.717, 1.165) is 22.9 Å². The largest absolute Gasteiger partial charge is 0.493 e. The maximum absolute atomic E-state index is 14.4. The lowest BCUT2D eigenvalue weighted by atomic mass is 9.35. The van der Waals surface area contributed by atoms with E-state index in [4.69, 9.17) is 33.8 Å². The number of fused-ring (bicyclic) bond motifs is 9. The van der Waals surface area contributed by atoms with Gasteiger partial charge in [-0.2, -0.15) is 0 Å². The Morgan fingerprint density at radius 3 is 1.49 bits per heavy atom. The van der Waals surface area contributed by atoms with Crippen LogP contribution in [0.1, 0.15) is 131 Å². The number of hydrogen-bond acceptors (Lipinski definition) is 14. The van der Waals surface area contributed by atoms with E-state index in [1.54, 1.807) is 51.1 Å². The Bertz CT molecular complexity index is 3010. The van der Waals surface area contributed by atoms with Gasteiger partial charge in [0.05, 0.1) is 31.7 Å². The van der Waals surface area contributed by atoms with E-state index in [1.165, 1.54) is 6.07 Å². The van der Waals surface area contributed by atoms with E-state index < -0.39 is 61.9 Å². The zero-order chi connectivity index (χ0) is 57.7. The first-order chi connectivity index (χ1) is 37.3. The van der Waals surface area contributed by atoms with E-state index in [-0.39, 0.29) is 69.3 Å². The lowest BCUT2D eigenvalue weighted by Crippen LogP contribution is -2.75. The first kappa shape index (κ1) is 59.7. The fourth-order valence-electron chi connectivity index (χ4n) is 12.2. The molecule has 7 rings (SSSR count). The van der Waals surface area contributed by atoms with Gasteiger partial charge in [-0.25, -0.2) is 4.79 Å². The Balaban J connectivity index is 0.940. The molecule has 0 bridgehead atoms. The van der Waals surface area contributed by atoms with Crippen LogP contribution in [0.5, 0.6) is 28.7 Å². The molecule has 1 aliphatic carbocycles. The number of benzene rings is 3. The number of aryl methyl sites for hydroxylation is 1. The molecule has 0 radical (unpaired) electrons. The predicted molar refractivity (Wildman–Crippen MR) is 298 cm³/mol. The van der Waals surface area contributed by atoms with E-state index in [9.17, 15) is 33.6 Å². The van der Waals surface area contributed by atoms with Crippen LogP contribution >= 0.6 is 0 Å². The Morgan fingerprint density at radius 2 is 1.01 bits per heavy atom. The molecular weight excluding hydrogens is 1010 g/mol. The van der Waals surface area contributed by atoms with Gasteiger partial charge in [0, 0.05) is 106 Å². The fraction of sp³-hybridized carbons (Fsp3) is 0.557.